The van der Waals surface area contributed by atoms with E-state index in [1.165, 1.54) is 0 Å². The van der Waals surface area contributed by atoms with Crippen LogP contribution in [0.1, 0.15) is 19.4 Å². The predicted octanol–water partition coefficient (Wildman–Crippen LogP) is 2.09. The molecule has 0 spiro atoms. The Hall–Kier alpha value is -2.56. The molecule has 5 nitrogen and oxygen atoms in total. The van der Waals surface area contributed by atoms with Gasteiger partial charge in [0.25, 0.3) is 0 Å². The standard InChI is InChI=1S/C17H20N2O3/c1-3-22-17(21)13(2)18-16(20)12-14-6-8-15(9-7-14)19-10-4-5-11-19/h4-11,13H,3,12H2,1-2H3,(H,18,20)/t13-/m0/s1. The zero-order chi connectivity index (χ0) is 15.9. The van der Waals surface area contributed by atoms with Gasteiger partial charge in [0, 0.05) is 18.1 Å². The van der Waals surface area contributed by atoms with Crippen molar-refractivity contribution in [2.45, 2.75) is 26.3 Å². The summed E-state index contributed by atoms with van der Waals surface area (Å²) in [6.07, 6.45) is 4.15. The van der Waals surface area contributed by atoms with Crippen LogP contribution in [-0.4, -0.2) is 29.1 Å². The monoisotopic (exact) mass is 300 g/mol. The fourth-order valence-electron chi connectivity index (χ4n) is 2.10. The summed E-state index contributed by atoms with van der Waals surface area (Å²) in [5.41, 5.74) is 1.93. The molecule has 2 aromatic rings. The van der Waals surface area contributed by atoms with Gasteiger partial charge >= 0.3 is 5.97 Å². The SMILES string of the molecule is CCOC(=O)[C@H](C)NC(=O)Cc1ccc(-n2cccc2)cc1. The molecule has 0 aliphatic carbocycles. The van der Waals surface area contributed by atoms with Gasteiger partial charge in [0.05, 0.1) is 13.0 Å². The number of rotatable bonds is 6. The highest BCUT2D eigenvalue weighted by Crippen LogP contribution is 2.10. The van der Waals surface area contributed by atoms with Crippen LogP contribution < -0.4 is 5.32 Å². The number of nitrogens with one attached hydrogen (secondary N) is 1. The summed E-state index contributed by atoms with van der Waals surface area (Å²) in [5, 5.41) is 2.64. The van der Waals surface area contributed by atoms with Crippen LogP contribution in [0.15, 0.2) is 48.8 Å². The van der Waals surface area contributed by atoms with Crippen molar-refractivity contribution < 1.29 is 14.3 Å². The first-order valence-corrected chi connectivity index (χ1v) is 7.28. The van der Waals surface area contributed by atoms with E-state index >= 15 is 0 Å². The van der Waals surface area contributed by atoms with Gasteiger partial charge in [0.1, 0.15) is 6.04 Å². The number of nitrogens with zero attached hydrogens (tertiary/aromatic N) is 1. The van der Waals surface area contributed by atoms with Crippen molar-refractivity contribution in [3.63, 3.8) is 0 Å². The molecule has 1 aromatic carbocycles. The third-order valence-electron chi connectivity index (χ3n) is 3.22. The summed E-state index contributed by atoms with van der Waals surface area (Å²) in [6.45, 7) is 3.66. The Kier molecular flexibility index (Phi) is 5.36. The fraction of sp³-hybridized carbons (Fsp3) is 0.294. The Morgan fingerprint density at radius 2 is 1.82 bits per heavy atom. The van der Waals surface area contributed by atoms with Crippen LogP contribution in [-0.2, 0) is 20.7 Å². The molecule has 116 valence electrons. The molecule has 1 atom stereocenters. The summed E-state index contributed by atoms with van der Waals surface area (Å²) in [6, 6.07) is 11.0. The second-order valence-corrected chi connectivity index (χ2v) is 4.97. The van der Waals surface area contributed by atoms with Crippen LogP contribution in [0.25, 0.3) is 5.69 Å². The van der Waals surface area contributed by atoms with Gasteiger partial charge in [-0.15, -0.1) is 0 Å². The minimum atomic E-state index is -0.633. The van der Waals surface area contributed by atoms with Crippen LogP contribution in [0, 0.1) is 0 Å². The topological polar surface area (TPSA) is 60.3 Å². The van der Waals surface area contributed by atoms with Gasteiger partial charge in [-0.2, -0.15) is 0 Å². The van der Waals surface area contributed by atoms with Gasteiger partial charge in [-0.25, -0.2) is 4.79 Å². The Balaban J connectivity index is 1.90. The highest BCUT2D eigenvalue weighted by molar-refractivity contribution is 5.85. The van der Waals surface area contributed by atoms with Crippen LogP contribution >= 0.6 is 0 Å². The van der Waals surface area contributed by atoms with Crippen molar-refractivity contribution in [1.29, 1.82) is 0 Å². The van der Waals surface area contributed by atoms with E-state index in [0.29, 0.717) is 6.61 Å². The van der Waals surface area contributed by atoms with Crippen LogP contribution in [0.3, 0.4) is 0 Å². The first-order valence-electron chi connectivity index (χ1n) is 7.28. The molecule has 0 saturated heterocycles. The number of carbonyl (C=O) groups is 2. The van der Waals surface area contributed by atoms with Crippen LogP contribution in [0.2, 0.25) is 0 Å². The lowest BCUT2D eigenvalue weighted by Crippen LogP contribution is -2.40. The lowest BCUT2D eigenvalue weighted by molar-refractivity contribution is -0.146. The second kappa shape index (κ2) is 7.45. The lowest BCUT2D eigenvalue weighted by Gasteiger charge is -2.12. The lowest BCUT2D eigenvalue weighted by atomic mass is 10.1. The third kappa shape index (κ3) is 4.22. The zero-order valence-electron chi connectivity index (χ0n) is 12.8. The molecule has 0 unspecified atom stereocenters. The molecule has 0 aliphatic rings. The van der Waals surface area contributed by atoms with Gasteiger partial charge in [-0.05, 0) is 43.7 Å². The molecule has 5 heteroatoms. The van der Waals surface area contributed by atoms with E-state index in [4.69, 9.17) is 4.74 Å². The number of amides is 1. The van der Waals surface area contributed by atoms with Gasteiger partial charge in [0.2, 0.25) is 5.91 Å². The quantitative estimate of drug-likeness (QED) is 0.831. The number of carbonyl (C=O) groups excluding carboxylic acids is 2. The normalized spacial score (nSPS) is 11.7. The van der Waals surface area contributed by atoms with E-state index in [0.717, 1.165) is 11.3 Å². The Morgan fingerprint density at radius 3 is 2.41 bits per heavy atom. The van der Waals surface area contributed by atoms with Gasteiger partial charge < -0.3 is 14.6 Å². The fourth-order valence-corrected chi connectivity index (χ4v) is 2.10. The van der Waals surface area contributed by atoms with Crippen molar-refractivity contribution in [2.24, 2.45) is 0 Å². The minimum Gasteiger partial charge on any atom is -0.464 e. The smallest absolute Gasteiger partial charge is 0.328 e. The average Bonchev–Trinajstić information content (AvgIpc) is 3.02. The number of ether oxygens (including phenoxy) is 1. The number of benzene rings is 1. The van der Waals surface area contributed by atoms with E-state index in [-0.39, 0.29) is 12.3 Å². The van der Waals surface area contributed by atoms with E-state index in [1.54, 1.807) is 13.8 Å². The van der Waals surface area contributed by atoms with E-state index in [9.17, 15) is 9.59 Å². The van der Waals surface area contributed by atoms with Crippen LogP contribution in [0.4, 0.5) is 0 Å². The average molecular weight is 300 g/mol. The molecule has 2 rings (SSSR count). The van der Waals surface area contributed by atoms with Gasteiger partial charge in [0.15, 0.2) is 0 Å². The van der Waals surface area contributed by atoms with Crippen molar-refractivity contribution in [3.8, 4) is 5.69 Å². The molecular formula is C17H20N2O3. The van der Waals surface area contributed by atoms with Crippen molar-refractivity contribution in [1.82, 2.24) is 9.88 Å². The molecule has 1 amide bonds. The number of hydrogen-bond donors (Lipinski definition) is 1. The summed E-state index contributed by atoms with van der Waals surface area (Å²) in [4.78, 5) is 23.4. The van der Waals surface area contributed by atoms with Crippen molar-refractivity contribution >= 4 is 11.9 Å². The second-order valence-electron chi connectivity index (χ2n) is 4.97. The molecule has 0 radical (unpaired) electrons. The summed E-state index contributed by atoms with van der Waals surface area (Å²) in [7, 11) is 0. The molecule has 0 fully saturated rings. The van der Waals surface area contributed by atoms with E-state index < -0.39 is 12.0 Å². The summed E-state index contributed by atoms with van der Waals surface area (Å²) in [5.74, 6) is -0.618. The molecule has 0 bridgehead atoms. The number of hydrogen-bond acceptors (Lipinski definition) is 3. The molecule has 0 saturated carbocycles. The van der Waals surface area contributed by atoms with E-state index in [1.807, 2.05) is 53.4 Å². The first-order chi connectivity index (χ1) is 10.6. The maximum absolute atomic E-state index is 11.9. The Morgan fingerprint density at radius 1 is 1.18 bits per heavy atom. The maximum Gasteiger partial charge on any atom is 0.328 e. The maximum atomic E-state index is 11.9. The number of esters is 1. The molecule has 0 aliphatic heterocycles. The zero-order valence-corrected chi connectivity index (χ0v) is 12.8. The highest BCUT2D eigenvalue weighted by Gasteiger charge is 2.16. The largest absolute Gasteiger partial charge is 0.464 e. The summed E-state index contributed by atoms with van der Waals surface area (Å²) >= 11 is 0. The first kappa shape index (κ1) is 15.8. The van der Waals surface area contributed by atoms with E-state index in [2.05, 4.69) is 5.32 Å². The van der Waals surface area contributed by atoms with Crippen molar-refractivity contribution in [3.05, 3.63) is 54.4 Å². The third-order valence-corrected chi connectivity index (χ3v) is 3.22. The predicted molar refractivity (Wildman–Crippen MR) is 83.7 cm³/mol. The van der Waals surface area contributed by atoms with Crippen molar-refractivity contribution in [2.75, 3.05) is 6.61 Å². The minimum absolute atomic E-state index is 0.200. The molecule has 1 aromatic heterocycles. The molecular weight excluding hydrogens is 280 g/mol. The molecule has 22 heavy (non-hydrogen) atoms. The van der Waals surface area contributed by atoms with Gasteiger partial charge in [-0.1, -0.05) is 12.1 Å². The van der Waals surface area contributed by atoms with Crippen LogP contribution in [0.5, 0.6) is 0 Å². The molecule has 1 N–H and O–H groups in total. The Bertz CT molecular complexity index is 618. The highest BCUT2D eigenvalue weighted by atomic mass is 16.5. The Labute approximate surface area is 129 Å². The van der Waals surface area contributed by atoms with Gasteiger partial charge in [-0.3, -0.25) is 4.79 Å². The number of aromatic nitrogens is 1. The molecule has 1 heterocycles. The summed E-state index contributed by atoms with van der Waals surface area (Å²) < 4.78 is 6.85.